The minimum Gasteiger partial charge on any atom is -0.361 e. The molecule has 0 radical (unpaired) electrons. The maximum absolute atomic E-state index is 3.19. The van der Waals surface area contributed by atoms with Gasteiger partial charge in [0.1, 0.15) is 0 Å². The molecular weight excluding hydrogens is 180 g/mol. The maximum Gasteiger partial charge on any atom is 0.0663 e. The molecule has 0 saturated heterocycles. The average molecular weight is 188 g/mol. The van der Waals surface area contributed by atoms with Crippen LogP contribution < -0.4 is 0 Å². The van der Waals surface area contributed by atoms with E-state index in [0.717, 1.165) is 0 Å². The van der Waals surface area contributed by atoms with Crippen molar-refractivity contribution < 1.29 is 0 Å². The normalized spacial score (nSPS) is 11.1. The van der Waals surface area contributed by atoms with Gasteiger partial charge in [-0.15, -0.1) is 0 Å². The number of rotatable bonds is 1. The fraction of sp³-hybridized carbons (Fsp3) is 0. The predicted octanol–water partition coefficient (Wildman–Crippen LogP) is 3.22. The third-order valence-electron chi connectivity index (χ3n) is 2.21. The van der Waals surface area contributed by atoms with Gasteiger partial charge in [0.15, 0.2) is 0 Å². The van der Waals surface area contributed by atoms with Gasteiger partial charge < -0.3 is 9.36 Å². The van der Waals surface area contributed by atoms with Crippen LogP contribution in [-0.4, -0.2) is 9.36 Å². The summed E-state index contributed by atoms with van der Waals surface area (Å²) in [6, 6.07) is 8.50. The largest absolute Gasteiger partial charge is 0.361 e. The van der Waals surface area contributed by atoms with Crippen LogP contribution in [0.3, 0.4) is 0 Å². The molecular formula is C10H8N2S. The van der Waals surface area contributed by atoms with Gasteiger partial charge >= 0.3 is 0 Å². The lowest BCUT2D eigenvalue weighted by Gasteiger charge is -2.03. The smallest absolute Gasteiger partial charge is 0.0663 e. The van der Waals surface area contributed by atoms with E-state index in [0.29, 0.717) is 0 Å². The summed E-state index contributed by atoms with van der Waals surface area (Å²) in [5.41, 5.74) is 3.66. The molecule has 13 heavy (non-hydrogen) atoms. The standard InChI is InChI=1S/C10H8N2S/c1-2-9-8(3-4-11-9)5-7(1)10-6-13-12-10/h1-6,11-12H. The molecule has 0 spiro atoms. The van der Waals surface area contributed by atoms with E-state index >= 15 is 0 Å². The van der Waals surface area contributed by atoms with Gasteiger partial charge in [-0.05, 0) is 18.2 Å². The summed E-state index contributed by atoms with van der Waals surface area (Å²) in [5, 5.41) is 3.38. The van der Waals surface area contributed by atoms with Crippen molar-refractivity contribution >= 4 is 22.4 Å². The van der Waals surface area contributed by atoms with E-state index in [2.05, 4.69) is 39.0 Å². The van der Waals surface area contributed by atoms with Crippen LogP contribution in [0.5, 0.6) is 0 Å². The van der Waals surface area contributed by atoms with Crippen LogP contribution in [-0.2, 0) is 0 Å². The van der Waals surface area contributed by atoms with Crippen LogP contribution >= 0.6 is 11.5 Å². The molecule has 0 saturated carbocycles. The number of H-pyrrole nitrogens is 2. The predicted molar refractivity (Wildman–Crippen MR) is 56.0 cm³/mol. The molecule has 0 aliphatic rings. The SMILES string of the molecule is c1cc2cc(-c3cs[nH]3)ccc2[nH]1. The van der Waals surface area contributed by atoms with Crippen LogP contribution in [0.1, 0.15) is 0 Å². The molecule has 2 N–H and O–H groups in total. The van der Waals surface area contributed by atoms with Crippen molar-refractivity contribution in [3.63, 3.8) is 0 Å². The average Bonchev–Trinajstić information content (AvgIpc) is 2.47. The number of fused-ring (bicyclic) bond motifs is 1. The second-order valence-corrected chi connectivity index (χ2v) is 3.71. The molecule has 2 nitrogen and oxygen atoms in total. The minimum atomic E-state index is 1.19. The van der Waals surface area contributed by atoms with E-state index < -0.39 is 0 Å². The number of hydrogen-bond acceptors (Lipinski definition) is 1. The highest BCUT2D eigenvalue weighted by Gasteiger charge is 2.01. The molecule has 0 amide bonds. The zero-order valence-corrected chi connectivity index (χ0v) is 7.69. The Morgan fingerprint density at radius 1 is 1.15 bits per heavy atom. The lowest BCUT2D eigenvalue weighted by molar-refractivity contribution is 1.47. The van der Waals surface area contributed by atoms with E-state index in [-0.39, 0.29) is 0 Å². The molecule has 2 aromatic heterocycles. The summed E-state index contributed by atoms with van der Waals surface area (Å²) in [7, 11) is 0. The second kappa shape index (κ2) is 2.50. The van der Waals surface area contributed by atoms with Crippen LogP contribution in [0.25, 0.3) is 22.2 Å². The highest BCUT2D eigenvalue weighted by molar-refractivity contribution is 7.05. The van der Waals surface area contributed by atoms with Crippen LogP contribution in [0.4, 0.5) is 0 Å². The molecule has 0 atom stereocenters. The Balaban J connectivity index is 2.24. The zero-order chi connectivity index (χ0) is 8.67. The Morgan fingerprint density at radius 2 is 2.08 bits per heavy atom. The van der Waals surface area contributed by atoms with Gasteiger partial charge in [-0.1, -0.05) is 17.6 Å². The third-order valence-corrected chi connectivity index (χ3v) is 2.90. The van der Waals surface area contributed by atoms with Crippen molar-refractivity contribution in [1.82, 2.24) is 9.36 Å². The van der Waals surface area contributed by atoms with Gasteiger partial charge in [0.05, 0.1) is 5.69 Å². The summed E-state index contributed by atoms with van der Waals surface area (Å²) in [6.07, 6.45) is 1.96. The molecule has 64 valence electrons. The number of aromatic amines is 2. The van der Waals surface area contributed by atoms with Crippen LogP contribution in [0.15, 0.2) is 35.8 Å². The zero-order valence-electron chi connectivity index (χ0n) is 6.87. The van der Waals surface area contributed by atoms with Gasteiger partial charge in [-0.3, -0.25) is 0 Å². The summed E-state index contributed by atoms with van der Waals surface area (Å²) in [4.78, 5) is 3.18. The molecule has 0 aliphatic heterocycles. The molecule has 0 bridgehead atoms. The first-order chi connectivity index (χ1) is 6.43. The molecule has 2 heterocycles. The van der Waals surface area contributed by atoms with Crippen molar-refractivity contribution in [3.05, 3.63) is 35.8 Å². The lowest BCUT2D eigenvalue weighted by atomic mass is 10.1. The first kappa shape index (κ1) is 6.97. The van der Waals surface area contributed by atoms with E-state index in [1.165, 1.54) is 22.2 Å². The van der Waals surface area contributed by atoms with Gasteiger partial charge in [0.2, 0.25) is 0 Å². The van der Waals surface area contributed by atoms with E-state index in [4.69, 9.17) is 0 Å². The highest BCUT2D eigenvalue weighted by Crippen LogP contribution is 2.24. The third kappa shape index (κ3) is 1.01. The number of nitrogens with one attached hydrogen (secondary N) is 2. The van der Waals surface area contributed by atoms with Gasteiger partial charge in [-0.25, -0.2) is 0 Å². The second-order valence-electron chi connectivity index (χ2n) is 3.03. The van der Waals surface area contributed by atoms with Crippen molar-refractivity contribution in [2.24, 2.45) is 0 Å². The summed E-state index contributed by atoms with van der Waals surface area (Å²) < 4.78 is 3.19. The Kier molecular flexibility index (Phi) is 1.34. The fourth-order valence-electron chi connectivity index (χ4n) is 1.47. The lowest BCUT2D eigenvalue weighted by Crippen LogP contribution is -1.81. The maximum atomic E-state index is 3.19. The van der Waals surface area contributed by atoms with E-state index in [1.807, 2.05) is 6.20 Å². The van der Waals surface area contributed by atoms with Crippen molar-refractivity contribution in [2.45, 2.75) is 0 Å². The van der Waals surface area contributed by atoms with Gasteiger partial charge in [-0.2, -0.15) is 0 Å². The van der Waals surface area contributed by atoms with Crippen LogP contribution in [0, 0.1) is 0 Å². The quantitative estimate of drug-likeness (QED) is 0.587. The molecule has 0 aliphatic carbocycles. The van der Waals surface area contributed by atoms with Gasteiger partial charge in [0, 0.05) is 28.0 Å². The Morgan fingerprint density at radius 3 is 2.85 bits per heavy atom. The van der Waals surface area contributed by atoms with Crippen LogP contribution in [0.2, 0.25) is 0 Å². The number of benzene rings is 1. The van der Waals surface area contributed by atoms with E-state index in [1.54, 1.807) is 11.5 Å². The van der Waals surface area contributed by atoms with Crippen molar-refractivity contribution in [2.75, 3.05) is 0 Å². The molecule has 0 unspecified atom stereocenters. The monoisotopic (exact) mass is 188 g/mol. The Labute approximate surface area is 79.4 Å². The highest BCUT2D eigenvalue weighted by atomic mass is 32.1. The first-order valence-corrected chi connectivity index (χ1v) is 5.01. The fourth-order valence-corrected chi connectivity index (χ4v) is 1.96. The Hall–Kier alpha value is -1.48. The minimum absolute atomic E-state index is 1.19. The topological polar surface area (TPSA) is 31.6 Å². The van der Waals surface area contributed by atoms with Crippen molar-refractivity contribution in [3.8, 4) is 11.3 Å². The summed E-state index contributed by atoms with van der Waals surface area (Å²) in [6.45, 7) is 0. The molecule has 0 fully saturated rings. The molecule has 3 aromatic rings. The number of aromatic nitrogens is 2. The first-order valence-electron chi connectivity index (χ1n) is 4.13. The molecule has 3 rings (SSSR count). The molecule has 3 heteroatoms. The summed E-state index contributed by atoms with van der Waals surface area (Å²) >= 11 is 1.63. The van der Waals surface area contributed by atoms with E-state index in [9.17, 15) is 0 Å². The Bertz CT molecular complexity index is 520. The van der Waals surface area contributed by atoms with Gasteiger partial charge in [0.25, 0.3) is 0 Å². The molecule has 1 aromatic carbocycles. The number of hydrogen-bond donors (Lipinski definition) is 2. The summed E-state index contributed by atoms with van der Waals surface area (Å²) in [5.74, 6) is 0. The van der Waals surface area contributed by atoms with Crippen molar-refractivity contribution in [1.29, 1.82) is 0 Å².